The summed E-state index contributed by atoms with van der Waals surface area (Å²) in [5.41, 5.74) is -0.342. The highest BCUT2D eigenvalue weighted by Gasteiger charge is 2.51. The van der Waals surface area contributed by atoms with Gasteiger partial charge in [0.05, 0.1) is 18.8 Å². The SMILES string of the molecule is CC1CCN(CN2C(=O)[C@](O)(CC(=O)c3ccc4c(c3)OCO4)c3ccccc32)CC1. The zero-order valence-electron chi connectivity index (χ0n) is 17.5. The molecule has 0 bridgehead atoms. The van der Waals surface area contributed by atoms with Gasteiger partial charge in [-0.2, -0.15) is 0 Å². The van der Waals surface area contributed by atoms with Crippen LogP contribution in [0.5, 0.6) is 11.5 Å². The van der Waals surface area contributed by atoms with Crippen LogP contribution in [0.1, 0.15) is 42.1 Å². The molecule has 1 fully saturated rings. The number of amides is 1. The molecule has 0 aliphatic carbocycles. The maximum atomic E-state index is 13.4. The fourth-order valence-electron chi connectivity index (χ4n) is 4.63. The Morgan fingerprint density at radius 3 is 2.68 bits per heavy atom. The Balaban J connectivity index is 1.40. The predicted octanol–water partition coefficient (Wildman–Crippen LogP) is 2.91. The van der Waals surface area contributed by atoms with Crippen molar-refractivity contribution < 1.29 is 24.2 Å². The maximum absolute atomic E-state index is 13.4. The van der Waals surface area contributed by atoms with E-state index in [9.17, 15) is 14.7 Å². The third kappa shape index (κ3) is 3.47. The van der Waals surface area contributed by atoms with E-state index >= 15 is 0 Å². The highest BCUT2D eigenvalue weighted by Crippen LogP contribution is 2.43. The second kappa shape index (κ2) is 7.66. The average Bonchev–Trinajstić information content (AvgIpc) is 3.32. The monoisotopic (exact) mass is 422 g/mol. The van der Waals surface area contributed by atoms with Gasteiger partial charge in [-0.25, -0.2) is 0 Å². The highest BCUT2D eigenvalue weighted by molar-refractivity contribution is 6.10. The van der Waals surface area contributed by atoms with Gasteiger partial charge in [-0.15, -0.1) is 0 Å². The lowest BCUT2D eigenvalue weighted by atomic mass is 9.88. The summed E-state index contributed by atoms with van der Waals surface area (Å²) >= 11 is 0. The number of carbonyl (C=O) groups excluding carboxylic acids is 2. The number of fused-ring (bicyclic) bond motifs is 2. The van der Waals surface area contributed by atoms with Crippen molar-refractivity contribution in [1.82, 2.24) is 4.90 Å². The maximum Gasteiger partial charge on any atom is 0.265 e. The number of likely N-dealkylation sites (tertiary alicyclic amines) is 1. The van der Waals surface area contributed by atoms with E-state index in [-0.39, 0.29) is 19.0 Å². The van der Waals surface area contributed by atoms with Gasteiger partial charge in [-0.3, -0.25) is 19.4 Å². The van der Waals surface area contributed by atoms with E-state index in [2.05, 4.69) is 11.8 Å². The van der Waals surface area contributed by atoms with Crippen molar-refractivity contribution in [3.8, 4) is 11.5 Å². The molecular formula is C24H26N2O5. The number of benzene rings is 2. The van der Waals surface area contributed by atoms with Crippen LogP contribution in [-0.2, 0) is 10.4 Å². The van der Waals surface area contributed by atoms with Crippen molar-refractivity contribution in [2.45, 2.75) is 31.8 Å². The lowest BCUT2D eigenvalue weighted by Gasteiger charge is -2.34. The van der Waals surface area contributed by atoms with Crippen LogP contribution in [0.2, 0.25) is 0 Å². The molecule has 0 saturated carbocycles. The molecule has 5 rings (SSSR count). The first-order chi connectivity index (χ1) is 15.0. The minimum Gasteiger partial charge on any atom is -0.454 e. The summed E-state index contributed by atoms with van der Waals surface area (Å²) < 4.78 is 10.6. The molecule has 0 aromatic heterocycles. The lowest BCUT2D eigenvalue weighted by Crippen LogP contribution is -2.48. The van der Waals surface area contributed by atoms with Crippen molar-refractivity contribution >= 4 is 17.4 Å². The van der Waals surface area contributed by atoms with Gasteiger partial charge >= 0.3 is 0 Å². The van der Waals surface area contributed by atoms with E-state index in [4.69, 9.17) is 9.47 Å². The number of ether oxygens (including phenoxy) is 2. The molecule has 0 radical (unpaired) electrons. The minimum absolute atomic E-state index is 0.118. The third-order valence-electron chi connectivity index (χ3n) is 6.57. The first-order valence-electron chi connectivity index (χ1n) is 10.7. The molecule has 1 atom stereocenters. The number of hydrogen-bond donors (Lipinski definition) is 1. The van der Waals surface area contributed by atoms with E-state index in [1.165, 1.54) is 0 Å². The van der Waals surface area contributed by atoms with Gasteiger partial charge < -0.3 is 14.6 Å². The number of nitrogens with zero attached hydrogens (tertiary/aromatic N) is 2. The number of Topliss-reactive ketones (excluding diaryl/α,β-unsaturated/α-hetero) is 1. The first kappa shape index (κ1) is 20.0. The summed E-state index contributed by atoms with van der Waals surface area (Å²) in [6, 6.07) is 12.1. The molecule has 7 nitrogen and oxygen atoms in total. The Kier molecular flexibility index (Phi) is 4.95. The van der Waals surface area contributed by atoms with Gasteiger partial charge in [0.1, 0.15) is 0 Å². The summed E-state index contributed by atoms with van der Waals surface area (Å²) in [4.78, 5) is 30.3. The fourth-order valence-corrected chi connectivity index (χ4v) is 4.63. The number of hydrogen-bond acceptors (Lipinski definition) is 6. The summed E-state index contributed by atoms with van der Waals surface area (Å²) in [6.45, 7) is 4.62. The normalized spacial score (nSPS) is 23.3. The molecule has 3 aliphatic heterocycles. The quantitative estimate of drug-likeness (QED) is 0.747. The van der Waals surface area contributed by atoms with Crippen molar-refractivity contribution in [3.05, 3.63) is 53.6 Å². The smallest absolute Gasteiger partial charge is 0.265 e. The molecule has 3 aliphatic rings. The molecular weight excluding hydrogens is 396 g/mol. The second-order valence-electron chi connectivity index (χ2n) is 8.72. The molecule has 0 unspecified atom stereocenters. The van der Waals surface area contributed by atoms with Crippen LogP contribution >= 0.6 is 0 Å². The molecule has 3 heterocycles. The van der Waals surface area contributed by atoms with Crippen LogP contribution < -0.4 is 14.4 Å². The van der Waals surface area contributed by atoms with E-state index in [0.29, 0.717) is 40.9 Å². The average molecular weight is 422 g/mol. The predicted molar refractivity (Wildman–Crippen MR) is 114 cm³/mol. The summed E-state index contributed by atoms with van der Waals surface area (Å²) in [7, 11) is 0. The highest BCUT2D eigenvalue weighted by atomic mass is 16.7. The zero-order chi connectivity index (χ0) is 21.6. The molecule has 1 amide bonds. The van der Waals surface area contributed by atoms with Crippen LogP contribution in [0.15, 0.2) is 42.5 Å². The number of anilines is 1. The van der Waals surface area contributed by atoms with Crippen molar-refractivity contribution in [1.29, 1.82) is 0 Å². The largest absolute Gasteiger partial charge is 0.454 e. The van der Waals surface area contributed by atoms with E-state index in [1.54, 1.807) is 35.2 Å². The van der Waals surface area contributed by atoms with Crippen LogP contribution in [0.3, 0.4) is 0 Å². The van der Waals surface area contributed by atoms with Gasteiger partial charge in [-0.05, 0) is 43.0 Å². The first-order valence-corrected chi connectivity index (χ1v) is 10.7. The Hall–Kier alpha value is -2.90. The molecule has 31 heavy (non-hydrogen) atoms. The molecule has 162 valence electrons. The lowest BCUT2D eigenvalue weighted by molar-refractivity contribution is -0.136. The van der Waals surface area contributed by atoms with Crippen LogP contribution in [0.4, 0.5) is 5.69 Å². The molecule has 2 aromatic rings. The van der Waals surface area contributed by atoms with E-state index < -0.39 is 11.5 Å². The second-order valence-corrected chi connectivity index (χ2v) is 8.72. The Labute approximate surface area is 181 Å². The zero-order valence-corrected chi connectivity index (χ0v) is 17.5. The molecule has 1 N–H and O–H groups in total. The molecule has 7 heteroatoms. The van der Waals surface area contributed by atoms with E-state index in [1.807, 2.05) is 12.1 Å². The Bertz CT molecular complexity index is 1030. The molecule has 1 saturated heterocycles. The number of aliphatic hydroxyl groups is 1. The van der Waals surface area contributed by atoms with Gasteiger partial charge in [0.2, 0.25) is 6.79 Å². The number of piperidine rings is 1. The molecule has 2 aromatic carbocycles. The fraction of sp³-hybridized carbons (Fsp3) is 0.417. The van der Waals surface area contributed by atoms with Gasteiger partial charge in [0.15, 0.2) is 22.9 Å². The summed E-state index contributed by atoms with van der Waals surface area (Å²) in [6.07, 6.45) is 1.86. The Morgan fingerprint density at radius 2 is 1.87 bits per heavy atom. The third-order valence-corrected chi connectivity index (χ3v) is 6.57. The van der Waals surface area contributed by atoms with Gasteiger partial charge in [0, 0.05) is 24.2 Å². The Morgan fingerprint density at radius 1 is 1.13 bits per heavy atom. The summed E-state index contributed by atoms with van der Waals surface area (Å²) in [5, 5.41) is 11.5. The van der Waals surface area contributed by atoms with Crippen molar-refractivity contribution in [2.24, 2.45) is 5.92 Å². The minimum atomic E-state index is -1.88. The van der Waals surface area contributed by atoms with E-state index in [0.717, 1.165) is 25.9 Å². The number of rotatable bonds is 5. The van der Waals surface area contributed by atoms with Crippen LogP contribution in [0.25, 0.3) is 0 Å². The summed E-state index contributed by atoms with van der Waals surface area (Å²) in [5.74, 6) is 1.00. The molecule has 0 spiro atoms. The number of ketones is 1. The standard InChI is InChI=1S/C24H26N2O5/c1-16-8-10-25(11-9-16)14-26-19-5-3-2-4-18(19)24(29,23(26)28)13-20(27)17-6-7-21-22(12-17)31-15-30-21/h2-7,12,16,29H,8-11,13-15H2,1H3/t24-/m0/s1. The topological polar surface area (TPSA) is 79.3 Å². The van der Waals surface area contributed by atoms with Gasteiger partial charge in [-0.1, -0.05) is 25.1 Å². The number of carbonyl (C=O) groups is 2. The number of para-hydroxylation sites is 1. The van der Waals surface area contributed by atoms with Crippen LogP contribution in [-0.4, -0.2) is 48.2 Å². The van der Waals surface area contributed by atoms with Crippen molar-refractivity contribution in [3.63, 3.8) is 0 Å². The van der Waals surface area contributed by atoms with Crippen LogP contribution in [0, 0.1) is 5.92 Å². The van der Waals surface area contributed by atoms with Crippen molar-refractivity contribution in [2.75, 3.05) is 31.5 Å². The van der Waals surface area contributed by atoms with Gasteiger partial charge in [0.25, 0.3) is 5.91 Å².